The Balaban J connectivity index is 1.78. The molecule has 1 atom stereocenters. The number of rotatable bonds is 1. The molecule has 0 saturated heterocycles. The van der Waals surface area contributed by atoms with Crippen LogP contribution in [0.5, 0.6) is 0 Å². The highest BCUT2D eigenvalue weighted by Crippen LogP contribution is 2.31. The van der Waals surface area contributed by atoms with Crippen molar-refractivity contribution in [1.29, 1.82) is 0 Å². The Kier molecular flexibility index (Phi) is 2.85. The number of aryl methyl sites for hydroxylation is 1. The molecule has 2 aliphatic heterocycles. The molecule has 0 saturated carbocycles. The smallest absolute Gasteiger partial charge is 0.220 e. The molecule has 0 amide bonds. The zero-order valence-corrected chi connectivity index (χ0v) is 12.6. The number of hydrogen-bond acceptors (Lipinski definition) is 5. The Labute approximate surface area is 129 Å². The number of anilines is 2. The van der Waals surface area contributed by atoms with Crippen molar-refractivity contribution in [1.82, 2.24) is 5.01 Å². The first-order valence-electron chi connectivity index (χ1n) is 7.29. The fraction of sp³-hybridized carbons (Fsp3) is 0.176. The van der Waals surface area contributed by atoms with Crippen LogP contribution in [0.15, 0.2) is 58.6 Å². The Bertz CT molecular complexity index is 780. The van der Waals surface area contributed by atoms with E-state index in [2.05, 4.69) is 46.5 Å². The highest BCUT2D eigenvalue weighted by molar-refractivity contribution is 6.14. The zero-order valence-electron chi connectivity index (χ0n) is 12.6. The van der Waals surface area contributed by atoms with Crippen LogP contribution in [-0.4, -0.2) is 30.5 Å². The van der Waals surface area contributed by atoms with Crippen molar-refractivity contribution in [2.75, 3.05) is 17.3 Å². The summed E-state index contributed by atoms with van der Waals surface area (Å²) >= 11 is 0. The molecule has 2 aromatic carbocycles. The molecular formula is C17H17N5. The summed E-state index contributed by atoms with van der Waals surface area (Å²) in [6.07, 6.45) is 1.71. The van der Waals surface area contributed by atoms with Crippen LogP contribution >= 0.6 is 0 Å². The number of hydrazone groups is 1. The van der Waals surface area contributed by atoms with Crippen LogP contribution in [0.1, 0.15) is 11.1 Å². The zero-order chi connectivity index (χ0) is 15.1. The van der Waals surface area contributed by atoms with Gasteiger partial charge in [0.15, 0.2) is 0 Å². The second kappa shape index (κ2) is 4.87. The van der Waals surface area contributed by atoms with E-state index in [0.29, 0.717) is 0 Å². The third-order valence-corrected chi connectivity index (χ3v) is 4.02. The van der Waals surface area contributed by atoms with Crippen LogP contribution in [0.4, 0.5) is 11.4 Å². The van der Waals surface area contributed by atoms with E-state index in [9.17, 15) is 0 Å². The second-order valence-electron chi connectivity index (χ2n) is 5.49. The van der Waals surface area contributed by atoms with Gasteiger partial charge in [-0.15, -0.1) is 0 Å². The van der Waals surface area contributed by atoms with Crippen molar-refractivity contribution < 1.29 is 0 Å². The van der Waals surface area contributed by atoms with Crippen molar-refractivity contribution in [2.24, 2.45) is 10.1 Å². The summed E-state index contributed by atoms with van der Waals surface area (Å²) in [7, 11) is 1.93. The van der Waals surface area contributed by atoms with Crippen molar-refractivity contribution >= 4 is 23.5 Å². The average molecular weight is 291 g/mol. The maximum absolute atomic E-state index is 4.83. The minimum atomic E-state index is -0.124. The van der Waals surface area contributed by atoms with Gasteiger partial charge in [-0.2, -0.15) is 5.10 Å². The average Bonchev–Trinajstić information content (AvgIpc) is 2.91. The van der Waals surface area contributed by atoms with Crippen LogP contribution in [0.25, 0.3) is 0 Å². The molecule has 0 spiro atoms. The molecule has 1 N–H and O–H groups in total. The Morgan fingerprint density at radius 1 is 1.05 bits per heavy atom. The van der Waals surface area contributed by atoms with Crippen LogP contribution in [0.2, 0.25) is 0 Å². The third-order valence-electron chi connectivity index (χ3n) is 4.02. The Morgan fingerprint density at radius 3 is 2.68 bits per heavy atom. The lowest BCUT2D eigenvalue weighted by atomic mass is 10.1. The van der Waals surface area contributed by atoms with Gasteiger partial charge in [0.2, 0.25) is 6.29 Å². The van der Waals surface area contributed by atoms with E-state index in [-0.39, 0.29) is 6.29 Å². The van der Waals surface area contributed by atoms with E-state index in [1.165, 1.54) is 5.56 Å². The highest BCUT2D eigenvalue weighted by atomic mass is 15.6. The second-order valence-corrected chi connectivity index (χ2v) is 5.49. The highest BCUT2D eigenvalue weighted by Gasteiger charge is 2.32. The van der Waals surface area contributed by atoms with Gasteiger partial charge in [-0.05, 0) is 30.7 Å². The van der Waals surface area contributed by atoms with Gasteiger partial charge in [0.25, 0.3) is 0 Å². The van der Waals surface area contributed by atoms with Gasteiger partial charge in [0.1, 0.15) is 12.2 Å². The number of para-hydroxylation sites is 2. The van der Waals surface area contributed by atoms with E-state index in [1.54, 1.807) is 0 Å². The van der Waals surface area contributed by atoms with Gasteiger partial charge >= 0.3 is 0 Å². The monoisotopic (exact) mass is 291 g/mol. The van der Waals surface area contributed by atoms with Crippen molar-refractivity contribution in [3.63, 3.8) is 0 Å². The summed E-state index contributed by atoms with van der Waals surface area (Å²) in [6, 6.07) is 16.5. The minimum absolute atomic E-state index is 0.124. The van der Waals surface area contributed by atoms with Gasteiger partial charge in [-0.25, -0.2) is 4.99 Å². The predicted octanol–water partition coefficient (Wildman–Crippen LogP) is 2.85. The summed E-state index contributed by atoms with van der Waals surface area (Å²) in [5.41, 5.74) is 4.47. The van der Waals surface area contributed by atoms with E-state index in [0.717, 1.165) is 22.8 Å². The molecule has 110 valence electrons. The molecule has 0 aromatic heterocycles. The number of benzene rings is 2. The van der Waals surface area contributed by atoms with Gasteiger partial charge in [-0.1, -0.05) is 30.3 Å². The minimum Gasteiger partial charge on any atom is -0.340 e. The SMILES string of the molecule is Cc1ccccc1NC1=NC2N(C)N=CN2c2ccccc21. The largest absolute Gasteiger partial charge is 0.340 e. The lowest BCUT2D eigenvalue weighted by Crippen LogP contribution is -2.42. The van der Waals surface area contributed by atoms with Gasteiger partial charge in [0.05, 0.1) is 5.69 Å². The topological polar surface area (TPSA) is 43.2 Å². The van der Waals surface area contributed by atoms with Gasteiger partial charge in [-0.3, -0.25) is 9.91 Å². The van der Waals surface area contributed by atoms with Crippen molar-refractivity contribution in [2.45, 2.75) is 13.2 Å². The third kappa shape index (κ3) is 1.94. The van der Waals surface area contributed by atoms with E-state index in [1.807, 2.05) is 42.7 Å². The molecule has 0 fully saturated rings. The summed E-state index contributed by atoms with van der Waals surface area (Å²) < 4.78 is 0. The number of nitrogens with zero attached hydrogens (tertiary/aromatic N) is 4. The summed E-state index contributed by atoms with van der Waals surface area (Å²) in [4.78, 5) is 6.92. The Morgan fingerprint density at radius 2 is 1.82 bits per heavy atom. The number of fused-ring (bicyclic) bond motifs is 3. The number of hydrogen-bond donors (Lipinski definition) is 1. The van der Waals surface area contributed by atoms with Gasteiger partial charge < -0.3 is 5.32 Å². The predicted molar refractivity (Wildman–Crippen MR) is 90.3 cm³/mol. The molecule has 2 aliphatic rings. The summed E-state index contributed by atoms with van der Waals surface area (Å²) in [6.45, 7) is 2.09. The van der Waals surface area contributed by atoms with Crippen molar-refractivity contribution in [3.8, 4) is 0 Å². The van der Waals surface area contributed by atoms with Crippen LogP contribution in [0.3, 0.4) is 0 Å². The number of nitrogens with one attached hydrogen (secondary N) is 1. The lowest BCUT2D eigenvalue weighted by Gasteiger charge is -2.32. The van der Waals surface area contributed by atoms with Gasteiger partial charge in [0, 0.05) is 18.3 Å². The molecule has 0 aliphatic carbocycles. The Hall–Kier alpha value is -2.82. The van der Waals surface area contributed by atoms with E-state index in [4.69, 9.17) is 4.99 Å². The standard InChI is InChI=1S/C17H17N5/c1-12-7-3-5-9-14(12)19-16-13-8-4-6-10-15(13)22-11-18-21(2)17(22)20-16/h3-11,17H,1-2H3,(H,19,20). The van der Waals surface area contributed by atoms with Crippen LogP contribution in [-0.2, 0) is 0 Å². The van der Waals surface area contributed by atoms with E-state index >= 15 is 0 Å². The first-order chi connectivity index (χ1) is 10.7. The normalized spacial score (nSPS) is 18.8. The fourth-order valence-corrected chi connectivity index (χ4v) is 2.79. The first kappa shape index (κ1) is 12.9. The molecule has 22 heavy (non-hydrogen) atoms. The number of aliphatic imine (C=N–C) groups is 1. The summed E-state index contributed by atoms with van der Waals surface area (Å²) in [5, 5.41) is 9.67. The molecule has 2 aromatic rings. The maximum Gasteiger partial charge on any atom is 0.220 e. The first-order valence-corrected chi connectivity index (χ1v) is 7.29. The maximum atomic E-state index is 4.83. The molecule has 0 radical (unpaired) electrons. The molecule has 1 unspecified atom stereocenters. The molecule has 4 rings (SSSR count). The molecule has 0 bridgehead atoms. The fourth-order valence-electron chi connectivity index (χ4n) is 2.79. The van der Waals surface area contributed by atoms with E-state index < -0.39 is 0 Å². The van der Waals surface area contributed by atoms with Crippen molar-refractivity contribution in [3.05, 3.63) is 59.7 Å². The molecule has 5 nitrogen and oxygen atoms in total. The van der Waals surface area contributed by atoms with Crippen LogP contribution in [0, 0.1) is 6.92 Å². The lowest BCUT2D eigenvalue weighted by molar-refractivity contribution is 0.292. The number of amidine groups is 1. The summed E-state index contributed by atoms with van der Waals surface area (Å²) in [5.74, 6) is 0.878. The molecule has 2 heterocycles. The molecule has 5 heteroatoms. The van der Waals surface area contributed by atoms with Crippen LogP contribution < -0.4 is 10.2 Å². The molecular weight excluding hydrogens is 274 g/mol. The quantitative estimate of drug-likeness (QED) is 0.878.